The molecular weight excluding hydrogens is 694 g/mol. The minimum Gasteiger partial charge on any atom is -0.444 e. The van der Waals surface area contributed by atoms with E-state index in [2.05, 4.69) is 52.9 Å². The van der Waals surface area contributed by atoms with E-state index in [0.717, 1.165) is 17.7 Å². The van der Waals surface area contributed by atoms with Crippen molar-refractivity contribution in [2.75, 3.05) is 46.9 Å². The van der Waals surface area contributed by atoms with Crippen LogP contribution in [0.15, 0.2) is 59.6 Å². The molecule has 0 aliphatic carbocycles. The zero-order valence-electron chi connectivity index (χ0n) is 28.1. The van der Waals surface area contributed by atoms with Crippen molar-refractivity contribution in [3.8, 4) is 0 Å². The molecular formula is C33H49BrClN5O7. The summed E-state index contributed by atoms with van der Waals surface area (Å²) in [7, 11) is 2.90. The van der Waals surface area contributed by atoms with Crippen LogP contribution < -0.4 is 10.6 Å². The van der Waals surface area contributed by atoms with Gasteiger partial charge in [0.15, 0.2) is 0 Å². The van der Waals surface area contributed by atoms with Gasteiger partial charge in [0, 0.05) is 36.6 Å². The maximum absolute atomic E-state index is 14.0. The Morgan fingerprint density at radius 2 is 1.62 bits per heavy atom. The Kier molecular flexibility index (Phi) is 17.8. The first-order valence-corrected chi connectivity index (χ1v) is 16.4. The summed E-state index contributed by atoms with van der Waals surface area (Å²) in [5.41, 5.74) is -0.181. The number of carbonyl (C=O) groups excluding carboxylic acids is 5. The fraction of sp³-hybridized carbons (Fsp3) is 0.545. The minimum absolute atomic E-state index is 0.0720. The van der Waals surface area contributed by atoms with Crippen LogP contribution in [0.25, 0.3) is 0 Å². The normalized spacial score (nSPS) is 15.9. The van der Waals surface area contributed by atoms with Gasteiger partial charge in [-0.2, -0.15) is 0 Å². The maximum Gasteiger partial charge on any atom is 0.408 e. The molecule has 1 rings (SSSR count). The number of halogens is 2. The molecule has 1 fully saturated rings. The van der Waals surface area contributed by atoms with Crippen molar-refractivity contribution in [3.05, 3.63) is 59.6 Å². The van der Waals surface area contributed by atoms with E-state index in [1.165, 1.54) is 25.1 Å². The molecule has 0 aromatic carbocycles. The third-order valence-corrected chi connectivity index (χ3v) is 7.81. The summed E-state index contributed by atoms with van der Waals surface area (Å²) < 4.78 is 11.2. The van der Waals surface area contributed by atoms with Gasteiger partial charge in [0.25, 0.3) is 0 Å². The van der Waals surface area contributed by atoms with Gasteiger partial charge in [0.1, 0.15) is 24.2 Å². The van der Waals surface area contributed by atoms with E-state index in [9.17, 15) is 24.0 Å². The zero-order chi connectivity index (χ0) is 35.9. The highest BCUT2D eigenvalue weighted by molar-refractivity contribution is 9.11. The molecule has 0 bridgehead atoms. The Morgan fingerprint density at radius 3 is 2.15 bits per heavy atom. The Bertz CT molecular complexity index is 1230. The minimum atomic E-state index is -1.02. The van der Waals surface area contributed by atoms with Crippen molar-refractivity contribution >= 4 is 57.3 Å². The van der Waals surface area contributed by atoms with Crippen LogP contribution in [-0.4, -0.2) is 115 Å². The van der Waals surface area contributed by atoms with Crippen molar-refractivity contribution < 1.29 is 33.4 Å². The first-order valence-electron chi connectivity index (χ1n) is 15.2. The number of nitrogens with zero attached hydrogens (tertiary/aromatic N) is 3. The molecule has 262 valence electrons. The van der Waals surface area contributed by atoms with Gasteiger partial charge in [0.2, 0.25) is 23.6 Å². The Hall–Kier alpha value is -3.42. The molecule has 0 aromatic heterocycles. The number of carbonyl (C=O) groups is 5. The maximum atomic E-state index is 14.0. The van der Waals surface area contributed by atoms with Crippen LogP contribution in [0.2, 0.25) is 0 Å². The number of amides is 5. The lowest BCUT2D eigenvalue weighted by atomic mass is 10.0. The van der Waals surface area contributed by atoms with E-state index in [1.807, 2.05) is 0 Å². The van der Waals surface area contributed by atoms with Crippen molar-refractivity contribution in [2.45, 2.75) is 70.2 Å². The van der Waals surface area contributed by atoms with Gasteiger partial charge in [-0.05, 0) is 51.7 Å². The summed E-state index contributed by atoms with van der Waals surface area (Å²) in [6.45, 7) is 20.3. The fourth-order valence-electron chi connectivity index (χ4n) is 4.75. The monoisotopic (exact) mass is 741 g/mol. The fourth-order valence-corrected chi connectivity index (χ4v) is 5.16. The average Bonchev–Trinajstić information content (AvgIpc) is 3.45. The molecule has 1 saturated heterocycles. The van der Waals surface area contributed by atoms with Gasteiger partial charge in [-0.25, -0.2) is 4.79 Å². The number of likely N-dealkylation sites (N-methyl/N-ethyl adjacent to an activating group) is 2. The Balaban J connectivity index is 3.11. The molecule has 0 radical (unpaired) electrons. The van der Waals surface area contributed by atoms with Crippen LogP contribution in [0.1, 0.15) is 46.5 Å². The third-order valence-electron chi connectivity index (χ3n) is 7.19. The first kappa shape index (κ1) is 41.6. The van der Waals surface area contributed by atoms with Crippen LogP contribution >= 0.6 is 27.5 Å². The van der Waals surface area contributed by atoms with E-state index in [1.54, 1.807) is 37.8 Å². The second-order valence-electron chi connectivity index (χ2n) is 12.0. The average molecular weight is 743 g/mol. The highest BCUT2D eigenvalue weighted by atomic mass is 79.9. The van der Waals surface area contributed by atoms with Crippen LogP contribution in [0.5, 0.6) is 0 Å². The number of hydrogen-bond donors (Lipinski definition) is 2. The summed E-state index contributed by atoms with van der Waals surface area (Å²) in [5, 5.41) is 5.17. The molecule has 0 spiro atoms. The molecule has 47 heavy (non-hydrogen) atoms. The molecule has 0 saturated carbocycles. The van der Waals surface area contributed by atoms with Gasteiger partial charge in [-0.1, -0.05) is 52.8 Å². The smallest absolute Gasteiger partial charge is 0.408 e. The lowest BCUT2D eigenvalue weighted by molar-refractivity contribution is -0.146. The van der Waals surface area contributed by atoms with Crippen molar-refractivity contribution in [1.82, 2.24) is 25.3 Å². The zero-order valence-corrected chi connectivity index (χ0v) is 30.5. The Labute approximate surface area is 292 Å². The first-order chi connectivity index (χ1) is 21.9. The highest BCUT2D eigenvalue weighted by Gasteiger charge is 2.37. The molecule has 5 amide bonds. The second kappa shape index (κ2) is 20.1. The standard InChI is InChI=1S/C33H49BrClN5O7/c1-10-13-26(38(8)29(42)20-37-32(45)47-33(5,6)7)30(43)36-19-28(41)39(9)27(18-24(23(4)34)17-22(3)35)31(44)40-15-12-14-25(40)21-46-16-11-2/h10-11,17,25-27H,1-4,12-16,18-21H2,5-9H3,(H,36,43)(H,37,45)/b24-17-/t25?,26?,27-/m0/s1. The predicted octanol–water partition coefficient (Wildman–Crippen LogP) is 4.03. The lowest BCUT2D eigenvalue weighted by Crippen LogP contribution is -2.55. The van der Waals surface area contributed by atoms with Crippen LogP contribution in [0.4, 0.5) is 4.79 Å². The molecule has 2 unspecified atom stereocenters. The number of allylic oxidation sites excluding steroid dienone is 3. The number of hydrogen-bond acceptors (Lipinski definition) is 7. The van der Waals surface area contributed by atoms with Crippen molar-refractivity contribution in [3.63, 3.8) is 0 Å². The molecule has 14 heteroatoms. The summed E-state index contributed by atoms with van der Waals surface area (Å²) in [4.78, 5) is 69.6. The molecule has 1 aliphatic rings. The summed E-state index contributed by atoms with van der Waals surface area (Å²) in [5.74, 6) is -2.00. The second-order valence-corrected chi connectivity index (χ2v) is 13.5. The van der Waals surface area contributed by atoms with Crippen LogP contribution in [0, 0.1) is 0 Å². The van der Waals surface area contributed by atoms with E-state index in [4.69, 9.17) is 21.1 Å². The quantitative estimate of drug-likeness (QED) is 0.123. The number of alkyl carbamates (subject to hydrolysis) is 1. The predicted molar refractivity (Wildman–Crippen MR) is 187 cm³/mol. The van der Waals surface area contributed by atoms with Gasteiger partial charge in [-0.3, -0.25) is 19.2 Å². The molecule has 12 nitrogen and oxygen atoms in total. The molecule has 3 atom stereocenters. The van der Waals surface area contributed by atoms with Gasteiger partial charge in [0.05, 0.1) is 25.8 Å². The number of nitrogens with one attached hydrogen (secondary N) is 2. The Morgan fingerprint density at radius 1 is 1.02 bits per heavy atom. The largest absolute Gasteiger partial charge is 0.444 e. The van der Waals surface area contributed by atoms with Crippen LogP contribution in [0.3, 0.4) is 0 Å². The van der Waals surface area contributed by atoms with E-state index in [-0.39, 0.29) is 29.8 Å². The number of rotatable bonds is 18. The highest BCUT2D eigenvalue weighted by Crippen LogP contribution is 2.27. The van der Waals surface area contributed by atoms with Crippen molar-refractivity contribution in [1.29, 1.82) is 0 Å². The molecule has 1 aliphatic heterocycles. The van der Waals surface area contributed by atoms with Gasteiger partial charge < -0.3 is 34.8 Å². The van der Waals surface area contributed by atoms with E-state index in [0.29, 0.717) is 29.8 Å². The van der Waals surface area contributed by atoms with E-state index < -0.39 is 54.6 Å². The van der Waals surface area contributed by atoms with Gasteiger partial charge in [-0.15, -0.1) is 13.2 Å². The van der Waals surface area contributed by atoms with Crippen molar-refractivity contribution in [2.24, 2.45) is 0 Å². The molecule has 2 N–H and O–H groups in total. The number of likely N-dealkylation sites (tertiary alicyclic amines) is 1. The number of ether oxygens (including phenoxy) is 2. The lowest BCUT2D eigenvalue weighted by Gasteiger charge is -2.34. The van der Waals surface area contributed by atoms with E-state index >= 15 is 0 Å². The third kappa shape index (κ3) is 14.5. The summed E-state index contributed by atoms with van der Waals surface area (Å²) >= 11 is 9.41. The molecule has 0 aromatic rings. The summed E-state index contributed by atoms with van der Waals surface area (Å²) in [6.07, 6.45) is 5.58. The topological polar surface area (TPSA) is 138 Å². The molecule has 1 heterocycles. The van der Waals surface area contributed by atoms with Crippen LogP contribution in [-0.2, 0) is 28.7 Å². The summed E-state index contributed by atoms with van der Waals surface area (Å²) in [6, 6.07) is -2.16. The van der Waals surface area contributed by atoms with Gasteiger partial charge >= 0.3 is 6.09 Å². The SMILES string of the molecule is C=CCOCC1CCCN1C(=O)[C@H](C/C(=C/C(=C)Cl)C(=C)Br)N(C)C(=O)CNC(=O)C(CC=C)N(C)C(=O)CNC(=O)OC(C)(C)C.